The highest BCUT2D eigenvalue weighted by Gasteiger charge is 2.38. The number of rotatable bonds is 3. The second kappa shape index (κ2) is 7.67. The Hall–Kier alpha value is -2.44. The van der Waals surface area contributed by atoms with E-state index in [1.807, 2.05) is 11.5 Å². The summed E-state index contributed by atoms with van der Waals surface area (Å²) in [5.41, 5.74) is 5.74. The van der Waals surface area contributed by atoms with Crippen LogP contribution in [0.3, 0.4) is 0 Å². The smallest absolute Gasteiger partial charge is 0.186 e. The number of nitrogens with one attached hydrogen (secondary N) is 1. The summed E-state index contributed by atoms with van der Waals surface area (Å²) in [5, 5.41) is 11.2. The van der Waals surface area contributed by atoms with Crippen molar-refractivity contribution in [3.05, 3.63) is 74.3 Å². The number of hydrogen-bond donors (Lipinski definition) is 1. The topological polar surface area (TPSA) is 58.7 Å². The van der Waals surface area contributed by atoms with Crippen molar-refractivity contribution >= 4 is 40.0 Å². The monoisotopic (exact) mass is 435 g/mol. The lowest BCUT2D eigenvalue weighted by molar-refractivity contribution is -0.114. The normalized spacial score (nSPS) is 18.6. The molecule has 0 spiro atoms. The molecule has 1 aliphatic rings. The Morgan fingerprint density at radius 1 is 1.17 bits per heavy atom. The van der Waals surface area contributed by atoms with E-state index in [0.29, 0.717) is 15.0 Å². The van der Waals surface area contributed by atoms with E-state index < -0.39 is 5.92 Å². The molecule has 1 fully saturated rings. The zero-order valence-electron chi connectivity index (χ0n) is 17.8. The third-order valence-corrected chi connectivity index (χ3v) is 7.27. The molecule has 4 rings (SSSR count). The van der Waals surface area contributed by atoms with Crippen molar-refractivity contribution in [1.82, 2.24) is 9.55 Å². The number of aryl methyl sites for hydroxylation is 1. The number of thioether (sulfide) groups is 1. The first kappa shape index (κ1) is 20.8. The van der Waals surface area contributed by atoms with Gasteiger partial charge in [0.2, 0.25) is 0 Å². The first-order valence-electron chi connectivity index (χ1n) is 9.88. The SMILES string of the molecule is Cc1cc(/C=C2\SC(=N)[C@@H](c3nccs3)C2=O)c(C)n1-c1ccc(C(C)(C)C)cc1. The third-order valence-electron chi connectivity index (χ3n) is 5.43. The van der Waals surface area contributed by atoms with Gasteiger partial charge in [0.1, 0.15) is 10.9 Å². The van der Waals surface area contributed by atoms with Crippen molar-refractivity contribution in [3.63, 3.8) is 0 Å². The van der Waals surface area contributed by atoms with Gasteiger partial charge in [-0.1, -0.05) is 44.7 Å². The van der Waals surface area contributed by atoms with E-state index in [1.54, 1.807) is 6.20 Å². The quantitative estimate of drug-likeness (QED) is 0.494. The second-order valence-corrected chi connectivity index (χ2v) is 10.6. The summed E-state index contributed by atoms with van der Waals surface area (Å²) in [6.07, 6.45) is 3.61. The molecular formula is C24H25N3OS2. The molecule has 1 atom stereocenters. The molecule has 0 radical (unpaired) electrons. The van der Waals surface area contributed by atoms with Crippen LogP contribution in [-0.4, -0.2) is 20.4 Å². The van der Waals surface area contributed by atoms with Gasteiger partial charge in [0, 0.05) is 28.7 Å². The lowest BCUT2D eigenvalue weighted by Crippen LogP contribution is -2.11. The van der Waals surface area contributed by atoms with Crippen molar-refractivity contribution < 1.29 is 4.79 Å². The number of carbonyl (C=O) groups is 1. The lowest BCUT2D eigenvalue weighted by Gasteiger charge is -2.20. The fraction of sp³-hybridized carbons (Fsp3) is 0.292. The molecule has 0 saturated carbocycles. The number of ketones is 1. The fourth-order valence-corrected chi connectivity index (χ4v) is 5.57. The van der Waals surface area contributed by atoms with Gasteiger partial charge in [-0.2, -0.15) is 0 Å². The van der Waals surface area contributed by atoms with Crippen LogP contribution in [0, 0.1) is 19.3 Å². The summed E-state index contributed by atoms with van der Waals surface area (Å²) >= 11 is 2.68. The van der Waals surface area contributed by atoms with Crippen LogP contribution in [0.4, 0.5) is 0 Å². The maximum atomic E-state index is 13.0. The molecule has 30 heavy (non-hydrogen) atoms. The van der Waals surface area contributed by atoms with Gasteiger partial charge >= 0.3 is 0 Å². The predicted molar refractivity (Wildman–Crippen MR) is 127 cm³/mol. The molecule has 6 heteroatoms. The van der Waals surface area contributed by atoms with Gasteiger partial charge in [-0.05, 0) is 54.7 Å². The van der Waals surface area contributed by atoms with Crippen molar-refractivity contribution in [2.45, 2.75) is 46.0 Å². The van der Waals surface area contributed by atoms with Crippen LogP contribution < -0.4 is 0 Å². The maximum Gasteiger partial charge on any atom is 0.186 e. The lowest BCUT2D eigenvalue weighted by atomic mass is 9.87. The Kier molecular flexibility index (Phi) is 5.32. The average molecular weight is 436 g/mol. The minimum absolute atomic E-state index is 0.0284. The Bertz CT molecular complexity index is 1150. The molecule has 0 aliphatic carbocycles. The van der Waals surface area contributed by atoms with E-state index in [-0.39, 0.29) is 11.2 Å². The van der Waals surface area contributed by atoms with E-state index >= 15 is 0 Å². The van der Waals surface area contributed by atoms with Gasteiger partial charge in [0.05, 0.1) is 9.95 Å². The Labute approximate surface area is 185 Å². The Morgan fingerprint density at radius 2 is 1.87 bits per heavy atom. The van der Waals surface area contributed by atoms with Gasteiger partial charge in [0.25, 0.3) is 0 Å². The highest BCUT2D eigenvalue weighted by atomic mass is 32.2. The highest BCUT2D eigenvalue weighted by molar-refractivity contribution is 8.19. The van der Waals surface area contributed by atoms with Crippen molar-refractivity contribution in [3.8, 4) is 5.69 Å². The van der Waals surface area contributed by atoms with Crippen LogP contribution in [0.25, 0.3) is 11.8 Å². The zero-order valence-corrected chi connectivity index (χ0v) is 19.4. The molecule has 1 aliphatic heterocycles. The average Bonchev–Trinajstić information content (AvgIpc) is 3.35. The first-order valence-corrected chi connectivity index (χ1v) is 11.6. The number of benzene rings is 1. The molecule has 4 nitrogen and oxygen atoms in total. The van der Waals surface area contributed by atoms with Crippen molar-refractivity contribution in [1.29, 1.82) is 5.41 Å². The summed E-state index contributed by atoms with van der Waals surface area (Å²) in [6.45, 7) is 10.8. The molecule has 154 valence electrons. The van der Waals surface area contributed by atoms with Crippen LogP contribution in [0.5, 0.6) is 0 Å². The predicted octanol–water partition coefficient (Wildman–Crippen LogP) is 6.27. The van der Waals surface area contributed by atoms with E-state index in [0.717, 1.165) is 22.6 Å². The van der Waals surface area contributed by atoms with Gasteiger partial charge in [-0.25, -0.2) is 4.98 Å². The van der Waals surface area contributed by atoms with Gasteiger partial charge in [-0.15, -0.1) is 11.3 Å². The molecule has 1 saturated heterocycles. The minimum atomic E-state index is -0.547. The first-order chi connectivity index (χ1) is 14.2. The minimum Gasteiger partial charge on any atom is -0.318 e. The van der Waals surface area contributed by atoms with Gasteiger partial charge in [0.15, 0.2) is 5.78 Å². The molecular weight excluding hydrogens is 410 g/mol. The standard InChI is InChI=1S/C24H25N3OS2/c1-14-12-16(13-19-21(28)20(22(25)30-19)23-26-10-11-29-23)15(2)27(14)18-8-6-17(7-9-18)24(3,4)5/h6-13,20,25H,1-5H3/b19-13-,25-22?/t20-/m0/s1. The molecule has 0 bridgehead atoms. The number of allylic oxidation sites excluding steroid dienone is 1. The van der Waals surface area contributed by atoms with E-state index in [1.165, 1.54) is 28.7 Å². The van der Waals surface area contributed by atoms with E-state index in [4.69, 9.17) is 5.41 Å². The van der Waals surface area contributed by atoms with Gasteiger partial charge in [-0.3, -0.25) is 10.2 Å². The van der Waals surface area contributed by atoms with Crippen LogP contribution in [0.2, 0.25) is 0 Å². The molecule has 3 heterocycles. The summed E-state index contributed by atoms with van der Waals surface area (Å²) in [4.78, 5) is 17.8. The Balaban J connectivity index is 1.68. The molecule has 0 amide bonds. The number of thiazole rings is 1. The Morgan fingerprint density at radius 3 is 2.47 bits per heavy atom. The van der Waals surface area contributed by atoms with Crippen LogP contribution in [-0.2, 0) is 10.2 Å². The molecule has 2 aromatic heterocycles. The maximum absolute atomic E-state index is 13.0. The summed E-state index contributed by atoms with van der Waals surface area (Å²) in [5.74, 6) is -0.575. The van der Waals surface area contributed by atoms with E-state index in [9.17, 15) is 4.79 Å². The second-order valence-electron chi connectivity index (χ2n) is 8.60. The third kappa shape index (κ3) is 3.70. The van der Waals surface area contributed by atoms with E-state index in [2.05, 4.69) is 74.5 Å². The molecule has 1 N–H and O–H groups in total. The molecule has 1 aromatic carbocycles. The van der Waals surface area contributed by atoms with Crippen molar-refractivity contribution in [2.24, 2.45) is 0 Å². The fourth-order valence-electron chi connectivity index (χ4n) is 3.77. The largest absolute Gasteiger partial charge is 0.318 e. The molecule has 0 unspecified atom stereocenters. The zero-order chi connectivity index (χ0) is 21.6. The summed E-state index contributed by atoms with van der Waals surface area (Å²) in [7, 11) is 0. The summed E-state index contributed by atoms with van der Waals surface area (Å²) < 4.78 is 2.21. The molecule has 3 aromatic rings. The van der Waals surface area contributed by atoms with Crippen LogP contribution in [0.15, 0.2) is 46.8 Å². The van der Waals surface area contributed by atoms with Crippen LogP contribution in [0.1, 0.15) is 54.2 Å². The van der Waals surface area contributed by atoms with Crippen molar-refractivity contribution in [2.75, 3.05) is 0 Å². The van der Waals surface area contributed by atoms with Crippen LogP contribution >= 0.6 is 23.1 Å². The number of hydrogen-bond acceptors (Lipinski definition) is 5. The number of Topliss-reactive ketones (excluding diaryl/α,β-unsaturated/α-hetero) is 1. The summed E-state index contributed by atoms with van der Waals surface area (Å²) in [6, 6.07) is 10.8. The highest BCUT2D eigenvalue weighted by Crippen LogP contribution is 2.41. The number of aromatic nitrogens is 2. The number of carbonyl (C=O) groups excluding carboxylic acids is 1. The van der Waals surface area contributed by atoms with Gasteiger partial charge < -0.3 is 4.57 Å². The number of nitrogens with zero attached hydrogens (tertiary/aromatic N) is 2.